The number of amides is 1. The lowest BCUT2D eigenvalue weighted by Crippen LogP contribution is -2.41. The number of nitrogens with one attached hydrogen (secondary N) is 1. The van der Waals surface area contributed by atoms with Gasteiger partial charge in [-0.25, -0.2) is 18.5 Å². The molecule has 0 atom stereocenters. The van der Waals surface area contributed by atoms with E-state index in [4.69, 9.17) is 0 Å². The van der Waals surface area contributed by atoms with Crippen molar-refractivity contribution in [3.05, 3.63) is 61.7 Å². The van der Waals surface area contributed by atoms with Crippen LogP contribution in [0.3, 0.4) is 0 Å². The lowest BCUT2D eigenvalue weighted by molar-refractivity contribution is -0.144. The van der Waals surface area contributed by atoms with Crippen molar-refractivity contribution in [2.75, 3.05) is 14.1 Å². The molecule has 0 unspecified atom stereocenters. The monoisotopic (exact) mass is 452 g/mol. The molecule has 164 valence electrons. The van der Waals surface area contributed by atoms with Crippen LogP contribution in [-0.4, -0.2) is 41.9 Å². The van der Waals surface area contributed by atoms with E-state index in [0.29, 0.717) is 10.4 Å². The number of alkyl halides is 3. The minimum Gasteiger partial charge on any atom is -0.292 e. The molecule has 0 bridgehead atoms. The molecular formula is C16H16F4N4O5S. The van der Waals surface area contributed by atoms with E-state index in [-0.39, 0.29) is 20.8 Å². The van der Waals surface area contributed by atoms with E-state index >= 15 is 0 Å². The smallest absolute Gasteiger partial charge is 0.292 e. The van der Waals surface area contributed by atoms with Gasteiger partial charge >= 0.3 is 22.1 Å². The number of halogens is 4. The first-order valence-electron chi connectivity index (χ1n) is 8.03. The summed E-state index contributed by atoms with van der Waals surface area (Å²) in [6, 6.07) is 1.56. The third-order valence-electron chi connectivity index (χ3n) is 4.09. The second-order valence-corrected chi connectivity index (χ2v) is 8.26. The van der Waals surface area contributed by atoms with Crippen molar-refractivity contribution in [3.8, 4) is 5.69 Å². The Morgan fingerprint density at radius 1 is 1.13 bits per heavy atom. The Labute approximate surface area is 167 Å². The molecule has 1 N–H and O–H groups in total. The van der Waals surface area contributed by atoms with Crippen LogP contribution in [0.2, 0.25) is 0 Å². The van der Waals surface area contributed by atoms with Crippen molar-refractivity contribution in [2.24, 2.45) is 7.05 Å². The Morgan fingerprint density at radius 2 is 1.70 bits per heavy atom. The minimum absolute atomic E-state index is 0.0421. The second-order valence-electron chi connectivity index (χ2n) is 6.38. The molecule has 2 aromatic rings. The average Bonchev–Trinajstić information content (AvgIpc) is 2.58. The van der Waals surface area contributed by atoms with Gasteiger partial charge in [0.05, 0.1) is 5.69 Å². The van der Waals surface area contributed by atoms with Crippen LogP contribution in [0.4, 0.5) is 17.6 Å². The van der Waals surface area contributed by atoms with E-state index in [9.17, 15) is 40.4 Å². The topological polar surface area (TPSA) is 110 Å². The molecule has 1 heterocycles. The van der Waals surface area contributed by atoms with E-state index in [1.807, 2.05) is 0 Å². The maximum absolute atomic E-state index is 14.5. The summed E-state index contributed by atoms with van der Waals surface area (Å²) in [5.74, 6) is -2.38. The van der Waals surface area contributed by atoms with Crippen LogP contribution in [0.25, 0.3) is 5.69 Å². The molecule has 1 aromatic carbocycles. The van der Waals surface area contributed by atoms with Crippen molar-refractivity contribution >= 4 is 16.1 Å². The molecule has 0 fully saturated rings. The van der Waals surface area contributed by atoms with Gasteiger partial charge in [0.25, 0.3) is 11.5 Å². The maximum Gasteiger partial charge on any atom is 0.431 e. The van der Waals surface area contributed by atoms with Gasteiger partial charge in [-0.3, -0.25) is 14.2 Å². The zero-order valence-electron chi connectivity index (χ0n) is 16.0. The lowest BCUT2D eigenvalue weighted by Gasteiger charge is -2.16. The van der Waals surface area contributed by atoms with Crippen molar-refractivity contribution < 1.29 is 30.8 Å². The Balaban J connectivity index is 2.73. The molecule has 0 saturated carbocycles. The molecule has 2 rings (SSSR count). The third kappa shape index (κ3) is 4.28. The number of benzene rings is 1. The molecule has 0 spiro atoms. The summed E-state index contributed by atoms with van der Waals surface area (Å²) in [6.45, 7) is 1.26. The number of carbonyl (C=O) groups is 1. The number of carbonyl (C=O) groups excluding carboxylic acids is 1. The highest BCUT2D eigenvalue weighted by Crippen LogP contribution is 2.27. The molecule has 0 aliphatic carbocycles. The van der Waals surface area contributed by atoms with Crippen LogP contribution in [-0.2, 0) is 23.4 Å². The molecule has 1 aromatic heterocycles. The molecule has 0 aliphatic heterocycles. The first-order chi connectivity index (χ1) is 13.6. The molecule has 0 saturated heterocycles. The molecule has 0 aliphatic rings. The van der Waals surface area contributed by atoms with Gasteiger partial charge in [0.2, 0.25) is 0 Å². The zero-order valence-corrected chi connectivity index (χ0v) is 16.9. The average molecular weight is 452 g/mol. The standard InChI is InChI=1S/C16H16F4N4O5S/c1-8-5-10(17)11(6-9(8)14(26)21-30(28,29)22(2)3)24-13(25)7-12(16(18,19)20)23(4)15(24)27/h5-7H,1-4H3,(H,21,26). The number of nitrogens with zero attached hydrogens (tertiary/aromatic N) is 3. The van der Waals surface area contributed by atoms with Gasteiger partial charge in [-0.1, -0.05) is 0 Å². The van der Waals surface area contributed by atoms with Gasteiger partial charge < -0.3 is 0 Å². The number of aryl methyl sites for hydroxylation is 1. The predicted octanol–water partition coefficient (Wildman–Crippen LogP) is 0.539. The van der Waals surface area contributed by atoms with Gasteiger partial charge in [-0.15, -0.1) is 0 Å². The highest BCUT2D eigenvalue weighted by Gasteiger charge is 2.35. The van der Waals surface area contributed by atoms with Crippen molar-refractivity contribution in [2.45, 2.75) is 13.1 Å². The fourth-order valence-corrected chi connectivity index (χ4v) is 2.99. The molecule has 0 radical (unpaired) electrons. The van der Waals surface area contributed by atoms with Crippen molar-refractivity contribution in [1.82, 2.24) is 18.2 Å². The lowest BCUT2D eigenvalue weighted by atomic mass is 10.1. The van der Waals surface area contributed by atoms with Crippen LogP contribution in [0.1, 0.15) is 21.6 Å². The summed E-state index contributed by atoms with van der Waals surface area (Å²) in [5.41, 5.74) is -5.81. The van der Waals surface area contributed by atoms with Gasteiger partial charge in [-0.2, -0.15) is 25.9 Å². The Kier molecular flexibility index (Phi) is 5.96. The second kappa shape index (κ2) is 7.68. The fourth-order valence-electron chi connectivity index (χ4n) is 2.46. The summed E-state index contributed by atoms with van der Waals surface area (Å²) in [4.78, 5) is 36.9. The van der Waals surface area contributed by atoms with E-state index in [2.05, 4.69) is 0 Å². The normalized spacial score (nSPS) is 12.3. The predicted molar refractivity (Wildman–Crippen MR) is 97.1 cm³/mol. The van der Waals surface area contributed by atoms with Gasteiger partial charge in [0.15, 0.2) is 0 Å². The highest BCUT2D eigenvalue weighted by atomic mass is 32.2. The largest absolute Gasteiger partial charge is 0.431 e. The summed E-state index contributed by atoms with van der Waals surface area (Å²) in [6.07, 6.45) is -5.01. The minimum atomic E-state index is -5.01. The molecule has 30 heavy (non-hydrogen) atoms. The fraction of sp³-hybridized carbons (Fsp3) is 0.312. The molecular weight excluding hydrogens is 436 g/mol. The van der Waals surface area contributed by atoms with Crippen LogP contribution in [0, 0.1) is 12.7 Å². The first kappa shape index (κ1) is 23.3. The van der Waals surface area contributed by atoms with Gasteiger partial charge in [0.1, 0.15) is 11.5 Å². The number of hydrogen-bond acceptors (Lipinski definition) is 5. The van der Waals surface area contributed by atoms with Crippen LogP contribution >= 0.6 is 0 Å². The quantitative estimate of drug-likeness (QED) is 0.681. The Bertz CT molecular complexity index is 1250. The zero-order chi connectivity index (χ0) is 23.2. The first-order valence-corrected chi connectivity index (χ1v) is 9.47. The van der Waals surface area contributed by atoms with Crippen molar-refractivity contribution in [1.29, 1.82) is 0 Å². The Morgan fingerprint density at radius 3 is 2.20 bits per heavy atom. The van der Waals surface area contributed by atoms with E-state index in [1.54, 1.807) is 4.72 Å². The Hall–Kier alpha value is -3.00. The van der Waals surface area contributed by atoms with E-state index in [1.165, 1.54) is 6.92 Å². The van der Waals surface area contributed by atoms with Gasteiger partial charge in [-0.05, 0) is 24.6 Å². The maximum atomic E-state index is 14.5. The summed E-state index contributed by atoms with van der Waals surface area (Å²) >= 11 is 0. The number of aromatic nitrogens is 2. The van der Waals surface area contributed by atoms with Gasteiger partial charge in [0, 0.05) is 32.8 Å². The third-order valence-corrected chi connectivity index (χ3v) is 5.50. The number of rotatable bonds is 4. The van der Waals surface area contributed by atoms with Crippen LogP contribution in [0.15, 0.2) is 27.8 Å². The summed E-state index contributed by atoms with van der Waals surface area (Å²) in [5, 5.41) is 0. The van der Waals surface area contributed by atoms with E-state index in [0.717, 1.165) is 27.2 Å². The van der Waals surface area contributed by atoms with Crippen molar-refractivity contribution in [3.63, 3.8) is 0 Å². The summed E-state index contributed by atoms with van der Waals surface area (Å²) < 4.78 is 79.7. The van der Waals surface area contributed by atoms with Crippen LogP contribution < -0.4 is 16.0 Å². The molecule has 14 heteroatoms. The molecule has 1 amide bonds. The summed E-state index contributed by atoms with van der Waals surface area (Å²) in [7, 11) is -1.19. The highest BCUT2D eigenvalue weighted by molar-refractivity contribution is 7.87. The van der Waals surface area contributed by atoms with E-state index < -0.39 is 56.3 Å². The van der Waals surface area contributed by atoms with Crippen LogP contribution in [0.5, 0.6) is 0 Å². The molecule has 9 nitrogen and oxygen atoms in total. The SMILES string of the molecule is Cc1cc(F)c(-n2c(=O)cc(C(F)(F)F)n(C)c2=O)cc1C(=O)NS(=O)(=O)N(C)C. The number of hydrogen-bond donors (Lipinski definition) is 1.